The Balaban J connectivity index is 3.25. The van der Waals surface area contributed by atoms with Crippen LogP contribution in [0.15, 0.2) is 0 Å². The normalized spacial score (nSPS) is 22.4. The van der Waals surface area contributed by atoms with Crippen molar-refractivity contribution in [2.45, 2.75) is 43.8 Å². The Bertz CT molecular complexity index is 323. The number of hydrogen-bond acceptors (Lipinski definition) is 2. The Morgan fingerprint density at radius 1 is 1.17 bits per heavy atom. The first-order chi connectivity index (χ1) is 7.93. The monoisotopic (exact) mass is 279 g/mol. The molecule has 9 heteroatoms. The van der Waals surface area contributed by atoms with Crippen molar-refractivity contribution < 1.29 is 36.2 Å². The summed E-state index contributed by atoms with van der Waals surface area (Å²) in [6.07, 6.45) is -12.4. The number of carbonyl (C=O) groups is 1. The highest BCUT2D eigenvalue weighted by Crippen LogP contribution is 2.48. The van der Waals surface area contributed by atoms with Crippen LogP contribution in [0.2, 0.25) is 0 Å². The van der Waals surface area contributed by atoms with E-state index >= 15 is 0 Å². The summed E-state index contributed by atoms with van der Waals surface area (Å²) in [7, 11) is 0. The SMILES string of the molecule is CC(=O)N1CCC[C@H]1C(O)(C(F)(F)F)C(F)(F)F. The molecule has 1 fully saturated rings. The standard InChI is InChI=1S/C9H11F6NO2/c1-5(17)16-4-2-3-6(16)7(18,8(10,11)12)9(13,14)15/h6,18H,2-4H2,1H3/t6-/m0/s1. The van der Waals surface area contributed by atoms with Gasteiger partial charge in [-0.25, -0.2) is 0 Å². The summed E-state index contributed by atoms with van der Waals surface area (Å²) in [6, 6.07) is -2.32. The van der Waals surface area contributed by atoms with Crippen molar-refractivity contribution in [3.05, 3.63) is 0 Å². The van der Waals surface area contributed by atoms with E-state index in [4.69, 9.17) is 5.11 Å². The predicted octanol–water partition coefficient (Wildman–Crippen LogP) is 1.85. The van der Waals surface area contributed by atoms with Crippen LogP contribution in [0.4, 0.5) is 26.3 Å². The summed E-state index contributed by atoms with van der Waals surface area (Å²) in [6.45, 7) is 0.639. The molecule has 1 saturated heterocycles. The van der Waals surface area contributed by atoms with Crippen LogP contribution in [0, 0.1) is 0 Å². The van der Waals surface area contributed by atoms with Crippen LogP contribution in [0.3, 0.4) is 0 Å². The van der Waals surface area contributed by atoms with Crippen LogP contribution >= 0.6 is 0 Å². The summed E-state index contributed by atoms with van der Waals surface area (Å²) in [5.41, 5.74) is -4.89. The molecule has 0 aromatic carbocycles. The van der Waals surface area contributed by atoms with Crippen molar-refractivity contribution in [2.24, 2.45) is 0 Å². The number of rotatable bonds is 1. The minimum absolute atomic E-state index is 0.0152. The lowest BCUT2D eigenvalue weighted by atomic mass is 9.90. The van der Waals surface area contributed by atoms with E-state index < -0.39 is 36.3 Å². The van der Waals surface area contributed by atoms with Crippen LogP contribution in [0.25, 0.3) is 0 Å². The second kappa shape index (κ2) is 4.29. The van der Waals surface area contributed by atoms with Gasteiger partial charge in [0.1, 0.15) is 0 Å². The molecule has 0 aromatic heterocycles. The van der Waals surface area contributed by atoms with Crippen LogP contribution in [0.5, 0.6) is 0 Å². The molecule has 1 aliphatic rings. The van der Waals surface area contributed by atoms with E-state index in [1.54, 1.807) is 0 Å². The van der Waals surface area contributed by atoms with Crippen molar-refractivity contribution in [2.75, 3.05) is 6.54 Å². The van der Waals surface area contributed by atoms with E-state index in [0.29, 0.717) is 4.90 Å². The van der Waals surface area contributed by atoms with Gasteiger partial charge in [-0.2, -0.15) is 26.3 Å². The van der Waals surface area contributed by atoms with Crippen molar-refractivity contribution in [1.29, 1.82) is 0 Å². The predicted molar refractivity (Wildman–Crippen MR) is 47.5 cm³/mol. The van der Waals surface area contributed by atoms with Crippen molar-refractivity contribution in [3.8, 4) is 0 Å². The summed E-state index contributed by atoms with van der Waals surface area (Å²) in [5, 5.41) is 9.16. The lowest BCUT2D eigenvalue weighted by Gasteiger charge is -2.40. The zero-order valence-electron chi connectivity index (χ0n) is 9.27. The first-order valence-corrected chi connectivity index (χ1v) is 5.06. The minimum Gasteiger partial charge on any atom is -0.372 e. The number of likely N-dealkylation sites (tertiary alicyclic amines) is 1. The molecule has 106 valence electrons. The number of nitrogens with zero attached hydrogens (tertiary/aromatic N) is 1. The molecule has 1 atom stereocenters. The Morgan fingerprint density at radius 2 is 1.61 bits per heavy atom. The largest absolute Gasteiger partial charge is 0.428 e. The molecule has 1 rings (SSSR count). The first kappa shape index (κ1) is 15.1. The highest BCUT2D eigenvalue weighted by atomic mass is 19.4. The second-order valence-electron chi connectivity index (χ2n) is 4.13. The van der Waals surface area contributed by atoms with E-state index in [-0.39, 0.29) is 13.0 Å². The van der Waals surface area contributed by atoms with E-state index in [1.807, 2.05) is 0 Å². The molecular weight excluding hydrogens is 268 g/mol. The summed E-state index contributed by atoms with van der Waals surface area (Å²) in [5.74, 6) is -0.926. The van der Waals surface area contributed by atoms with Gasteiger partial charge < -0.3 is 10.0 Å². The lowest BCUT2D eigenvalue weighted by molar-refractivity contribution is -0.380. The van der Waals surface area contributed by atoms with Gasteiger partial charge in [-0.1, -0.05) is 0 Å². The number of aliphatic hydroxyl groups is 1. The number of carbonyl (C=O) groups excluding carboxylic acids is 1. The number of amides is 1. The van der Waals surface area contributed by atoms with E-state index in [9.17, 15) is 31.1 Å². The maximum Gasteiger partial charge on any atom is 0.428 e. The van der Waals surface area contributed by atoms with Crippen LogP contribution in [-0.4, -0.2) is 46.5 Å². The quantitative estimate of drug-likeness (QED) is 0.744. The molecule has 1 N–H and O–H groups in total. The highest BCUT2D eigenvalue weighted by Gasteiger charge is 2.75. The van der Waals surface area contributed by atoms with E-state index in [2.05, 4.69) is 0 Å². The summed E-state index contributed by atoms with van der Waals surface area (Å²) < 4.78 is 75.5. The third-order valence-corrected chi connectivity index (χ3v) is 3.00. The second-order valence-corrected chi connectivity index (χ2v) is 4.13. The fourth-order valence-corrected chi connectivity index (χ4v) is 2.12. The first-order valence-electron chi connectivity index (χ1n) is 5.06. The molecule has 0 bridgehead atoms. The summed E-state index contributed by atoms with van der Waals surface area (Å²) >= 11 is 0. The van der Waals surface area contributed by atoms with E-state index in [0.717, 1.165) is 6.92 Å². The zero-order valence-corrected chi connectivity index (χ0v) is 9.27. The molecule has 0 aromatic rings. The lowest BCUT2D eigenvalue weighted by Crippen LogP contribution is -2.67. The molecule has 1 aliphatic heterocycles. The van der Waals surface area contributed by atoms with Gasteiger partial charge in [-0.05, 0) is 12.8 Å². The minimum atomic E-state index is -5.89. The van der Waals surface area contributed by atoms with Crippen molar-refractivity contribution in [1.82, 2.24) is 4.90 Å². The Morgan fingerprint density at radius 3 is 1.94 bits per heavy atom. The fraction of sp³-hybridized carbons (Fsp3) is 0.889. The van der Waals surface area contributed by atoms with Crippen LogP contribution < -0.4 is 0 Å². The van der Waals surface area contributed by atoms with Gasteiger partial charge in [0, 0.05) is 13.5 Å². The van der Waals surface area contributed by atoms with Gasteiger partial charge in [0.25, 0.3) is 5.60 Å². The van der Waals surface area contributed by atoms with Gasteiger partial charge >= 0.3 is 12.4 Å². The topological polar surface area (TPSA) is 40.5 Å². The van der Waals surface area contributed by atoms with Crippen LogP contribution in [0.1, 0.15) is 19.8 Å². The Kier molecular flexibility index (Phi) is 3.59. The molecule has 3 nitrogen and oxygen atoms in total. The highest BCUT2D eigenvalue weighted by molar-refractivity contribution is 5.74. The van der Waals surface area contributed by atoms with Gasteiger partial charge in [-0.15, -0.1) is 0 Å². The molecule has 0 radical (unpaired) electrons. The smallest absolute Gasteiger partial charge is 0.372 e. The van der Waals surface area contributed by atoms with Crippen LogP contribution in [-0.2, 0) is 4.79 Å². The average molecular weight is 279 g/mol. The molecule has 0 aliphatic carbocycles. The molecule has 1 heterocycles. The van der Waals surface area contributed by atoms with Crippen molar-refractivity contribution >= 4 is 5.91 Å². The van der Waals surface area contributed by atoms with Gasteiger partial charge in [0.2, 0.25) is 5.91 Å². The summed E-state index contributed by atoms with van der Waals surface area (Å²) in [4.78, 5) is 11.5. The van der Waals surface area contributed by atoms with Crippen molar-refractivity contribution in [3.63, 3.8) is 0 Å². The average Bonchev–Trinajstić information content (AvgIpc) is 2.60. The van der Waals surface area contributed by atoms with E-state index in [1.165, 1.54) is 0 Å². The number of halogens is 6. The Labute approximate surface area is 98.4 Å². The molecule has 0 saturated carbocycles. The maximum atomic E-state index is 12.6. The van der Waals surface area contributed by atoms with Gasteiger partial charge in [-0.3, -0.25) is 4.79 Å². The molecular formula is C9H11F6NO2. The molecule has 0 unspecified atom stereocenters. The molecule has 18 heavy (non-hydrogen) atoms. The molecule has 0 spiro atoms. The zero-order chi connectivity index (χ0) is 14.4. The Hall–Kier alpha value is -0.990. The van der Waals surface area contributed by atoms with Gasteiger partial charge in [0.05, 0.1) is 6.04 Å². The number of hydrogen-bond donors (Lipinski definition) is 1. The van der Waals surface area contributed by atoms with Gasteiger partial charge in [0.15, 0.2) is 0 Å². The molecule has 1 amide bonds. The fourth-order valence-electron chi connectivity index (χ4n) is 2.12. The number of alkyl halides is 6. The third kappa shape index (κ3) is 2.15. The third-order valence-electron chi connectivity index (χ3n) is 3.00. The maximum absolute atomic E-state index is 12.6.